The van der Waals surface area contributed by atoms with Gasteiger partial charge in [0.1, 0.15) is 10.9 Å². The van der Waals surface area contributed by atoms with Crippen molar-refractivity contribution in [3.05, 3.63) is 34.2 Å². The van der Waals surface area contributed by atoms with E-state index in [-0.39, 0.29) is 11.8 Å². The molecule has 1 aliphatic heterocycles. The predicted octanol–water partition coefficient (Wildman–Crippen LogP) is 2.53. The third kappa shape index (κ3) is 3.34. The lowest BCUT2D eigenvalue weighted by Gasteiger charge is -2.29. The predicted molar refractivity (Wildman–Crippen MR) is 91.2 cm³/mol. The van der Waals surface area contributed by atoms with Gasteiger partial charge in [0.05, 0.1) is 18.2 Å². The van der Waals surface area contributed by atoms with Gasteiger partial charge in [0.25, 0.3) is 5.91 Å². The molecule has 0 radical (unpaired) electrons. The lowest BCUT2D eigenvalue weighted by molar-refractivity contribution is -0.136. The fourth-order valence-electron chi connectivity index (χ4n) is 2.54. The van der Waals surface area contributed by atoms with Crippen LogP contribution >= 0.6 is 22.9 Å². The number of thiophene rings is 1. The number of hydrogen-bond acceptors (Lipinski definition) is 4. The van der Waals surface area contributed by atoms with E-state index < -0.39 is 6.04 Å². The zero-order valence-corrected chi connectivity index (χ0v) is 14.2. The minimum Gasteiger partial charge on any atom is -0.378 e. The summed E-state index contributed by atoms with van der Waals surface area (Å²) in [5.74, 6) is -0.413. The topological polar surface area (TPSA) is 58.6 Å². The summed E-state index contributed by atoms with van der Waals surface area (Å²) < 4.78 is 6.19. The largest absolute Gasteiger partial charge is 0.378 e. The Balaban J connectivity index is 1.72. The minimum atomic E-state index is -0.595. The molecule has 3 rings (SSSR count). The molecule has 7 heteroatoms. The van der Waals surface area contributed by atoms with Crippen molar-refractivity contribution in [2.45, 2.75) is 13.0 Å². The van der Waals surface area contributed by atoms with Gasteiger partial charge in [-0.1, -0.05) is 29.8 Å². The Kier molecular flexibility index (Phi) is 4.84. The van der Waals surface area contributed by atoms with Crippen molar-refractivity contribution in [1.29, 1.82) is 0 Å². The smallest absolute Gasteiger partial charge is 0.263 e. The van der Waals surface area contributed by atoms with Gasteiger partial charge in [0.2, 0.25) is 5.91 Å². The van der Waals surface area contributed by atoms with E-state index in [2.05, 4.69) is 5.32 Å². The number of nitrogens with one attached hydrogen (secondary N) is 1. The molecule has 0 bridgehead atoms. The van der Waals surface area contributed by atoms with E-state index in [1.54, 1.807) is 11.8 Å². The molecule has 1 fully saturated rings. The average molecular weight is 353 g/mol. The van der Waals surface area contributed by atoms with Crippen LogP contribution in [0.2, 0.25) is 5.02 Å². The van der Waals surface area contributed by atoms with Gasteiger partial charge < -0.3 is 15.0 Å². The maximum Gasteiger partial charge on any atom is 0.263 e. The van der Waals surface area contributed by atoms with Crippen molar-refractivity contribution >= 4 is 44.8 Å². The van der Waals surface area contributed by atoms with E-state index in [1.165, 1.54) is 11.3 Å². The maximum atomic E-state index is 12.5. The van der Waals surface area contributed by atoms with Crippen LogP contribution in [0.4, 0.5) is 0 Å². The summed E-state index contributed by atoms with van der Waals surface area (Å²) in [6.07, 6.45) is 0. The van der Waals surface area contributed by atoms with Crippen LogP contribution in [0.1, 0.15) is 16.6 Å². The van der Waals surface area contributed by atoms with E-state index in [0.29, 0.717) is 36.2 Å². The Bertz CT molecular complexity index is 740. The number of carbonyl (C=O) groups is 2. The fraction of sp³-hybridized carbons (Fsp3) is 0.375. The highest BCUT2D eigenvalue weighted by molar-refractivity contribution is 7.21. The van der Waals surface area contributed by atoms with Crippen LogP contribution < -0.4 is 5.32 Å². The van der Waals surface area contributed by atoms with Crippen molar-refractivity contribution in [2.75, 3.05) is 26.3 Å². The number of amides is 2. The molecule has 1 aromatic heterocycles. The van der Waals surface area contributed by atoms with Gasteiger partial charge in [-0.3, -0.25) is 9.59 Å². The van der Waals surface area contributed by atoms with Gasteiger partial charge in [-0.15, -0.1) is 11.3 Å². The SMILES string of the molecule is C[C@H](NC(=O)c1sc2ccccc2c1Cl)C(=O)N1CCOCC1. The van der Waals surface area contributed by atoms with E-state index in [1.807, 2.05) is 24.3 Å². The first kappa shape index (κ1) is 16.2. The number of morpholine rings is 1. The van der Waals surface area contributed by atoms with Crippen molar-refractivity contribution in [1.82, 2.24) is 10.2 Å². The maximum absolute atomic E-state index is 12.5. The van der Waals surface area contributed by atoms with Gasteiger partial charge in [0.15, 0.2) is 0 Å². The van der Waals surface area contributed by atoms with Gasteiger partial charge in [-0.05, 0) is 13.0 Å². The summed E-state index contributed by atoms with van der Waals surface area (Å²) in [7, 11) is 0. The van der Waals surface area contributed by atoms with E-state index in [0.717, 1.165) is 10.1 Å². The highest BCUT2D eigenvalue weighted by Crippen LogP contribution is 2.35. The van der Waals surface area contributed by atoms with Crippen LogP contribution in [0.15, 0.2) is 24.3 Å². The Morgan fingerprint density at radius 3 is 2.70 bits per heavy atom. The number of halogens is 1. The summed E-state index contributed by atoms with van der Waals surface area (Å²) in [6, 6.07) is 6.99. The quantitative estimate of drug-likeness (QED) is 0.923. The van der Waals surface area contributed by atoms with E-state index in [9.17, 15) is 9.59 Å². The van der Waals surface area contributed by atoms with Crippen LogP contribution in [-0.4, -0.2) is 49.1 Å². The molecule has 0 saturated carbocycles. The van der Waals surface area contributed by atoms with E-state index >= 15 is 0 Å². The molecule has 2 amide bonds. The molecule has 1 saturated heterocycles. The second kappa shape index (κ2) is 6.86. The van der Waals surface area contributed by atoms with Crippen molar-refractivity contribution < 1.29 is 14.3 Å². The molecule has 1 N–H and O–H groups in total. The average Bonchev–Trinajstić information content (AvgIpc) is 2.92. The zero-order chi connectivity index (χ0) is 16.4. The zero-order valence-electron chi connectivity index (χ0n) is 12.7. The minimum absolute atomic E-state index is 0.0983. The van der Waals surface area contributed by atoms with Crippen LogP contribution in [0.5, 0.6) is 0 Å². The molecule has 1 aliphatic rings. The molecule has 0 spiro atoms. The van der Waals surface area contributed by atoms with Gasteiger partial charge in [0, 0.05) is 23.2 Å². The number of ether oxygens (including phenoxy) is 1. The lowest BCUT2D eigenvalue weighted by atomic mass is 10.2. The highest BCUT2D eigenvalue weighted by atomic mass is 35.5. The number of hydrogen-bond donors (Lipinski definition) is 1. The molecule has 0 unspecified atom stereocenters. The lowest BCUT2D eigenvalue weighted by Crippen LogP contribution is -2.50. The molecule has 2 aromatic rings. The first-order valence-corrected chi connectivity index (χ1v) is 8.62. The Morgan fingerprint density at radius 2 is 2.00 bits per heavy atom. The van der Waals surface area contributed by atoms with Crippen molar-refractivity contribution in [2.24, 2.45) is 0 Å². The normalized spacial score (nSPS) is 16.3. The summed E-state index contributed by atoms with van der Waals surface area (Å²) in [4.78, 5) is 26.9. The second-order valence-corrected chi connectivity index (χ2v) is 6.80. The number of benzene rings is 1. The molecule has 1 atom stereocenters. The number of rotatable bonds is 3. The summed E-state index contributed by atoms with van der Waals surface area (Å²) in [6.45, 7) is 3.88. The summed E-state index contributed by atoms with van der Waals surface area (Å²) in [5.41, 5.74) is 0. The summed E-state index contributed by atoms with van der Waals surface area (Å²) in [5, 5.41) is 4.05. The molecule has 1 aromatic carbocycles. The first-order chi connectivity index (χ1) is 11.1. The molecular formula is C16H17ClN2O3S. The number of fused-ring (bicyclic) bond motifs is 1. The van der Waals surface area contributed by atoms with Crippen LogP contribution in [0.3, 0.4) is 0 Å². The van der Waals surface area contributed by atoms with Crippen LogP contribution in [0.25, 0.3) is 10.1 Å². The van der Waals surface area contributed by atoms with Crippen molar-refractivity contribution in [3.63, 3.8) is 0 Å². The van der Waals surface area contributed by atoms with Gasteiger partial charge >= 0.3 is 0 Å². The standard InChI is InChI=1S/C16H17ClN2O3S/c1-10(16(21)19-6-8-22-9-7-19)18-15(20)14-13(17)11-4-2-3-5-12(11)23-14/h2-5,10H,6-9H2,1H3,(H,18,20)/t10-/m0/s1. The fourth-order valence-corrected chi connectivity index (χ4v) is 3.96. The van der Waals surface area contributed by atoms with E-state index in [4.69, 9.17) is 16.3 Å². The van der Waals surface area contributed by atoms with Crippen LogP contribution in [0, 0.1) is 0 Å². The molecule has 122 valence electrons. The second-order valence-electron chi connectivity index (χ2n) is 5.37. The molecule has 5 nitrogen and oxygen atoms in total. The molecular weight excluding hydrogens is 336 g/mol. The Morgan fingerprint density at radius 1 is 1.30 bits per heavy atom. The van der Waals surface area contributed by atoms with Crippen LogP contribution in [-0.2, 0) is 9.53 Å². The third-order valence-electron chi connectivity index (χ3n) is 3.78. The van der Waals surface area contributed by atoms with Gasteiger partial charge in [-0.25, -0.2) is 0 Å². The monoisotopic (exact) mass is 352 g/mol. The van der Waals surface area contributed by atoms with Gasteiger partial charge in [-0.2, -0.15) is 0 Å². The Hall–Kier alpha value is -1.63. The molecule has 23 heavy (non-hydrogen) atoms. The number of carbonyl (C=O) groups excluding carboxylic acids is 2. The molecule has 2 heterocycles. The Labute approximate surface area is 143 Å². The first-order valence-electron chi connectivity index (χ1n) is 7.42. The third-order valence-corrected chi connectivity index (χ3v) is 5.46. The highest BCUT2D eigenvalue weighted by Gasteiger charge is 2.25. The molecule has 0 aliphatic carbocycles. The summed E-state index contributed by atoms with van der Waals surface area (Å²) >= 11 is 7.63. The number of nitrogens with zero attached hydrogens (tertiary/aromatic N) is 1. The van der Waals surface area contributed by atoms with Crippen molar-refractivity contribution in [3.8, 4) is 0 Å².